The molecule has 1 heterocycles. The molecule has 14 atom stereocenters. The lowest BCUT2D eigenvalue weighted by atomic mass is 9.47. The highest BCUT2D eigenvalue weighted by atomic mass is 16.7. The van der Waals surface area contributed by atoms with Crippen molar-refractivity contribution in [2.24, 2.45) is 52.3 Å². The van der Waals surface area contributed by atoms with Gasteiger partial charge < -0.3 is 29.9 Å². The number of aliphatic hydroxyl groups excluding tert-OH is 4. The second-order valence-corrected chi connectivity index (χ2v) is 15.7. The zero-order valence-electron chi connectivity index (χ0n) is 26.7. The van der Waals surface area contributed by atoms with Crippen LogP contribution in [0, 0.1) is 52.3 Å². The van der Waals surface area contributed by atoms with Gasteiger partial charge in [0.15, 0.2) is 6.29 Å². The maximum Gasteiger partial charge on any atom is 0.186 e. The molecule has 1 aliphatic heterocycles. The van der Waals surface area contributed by atoms with Gasteiger partial charge in [0.2, 0.25) is 0 Å². The van der Waals surface area contributed by atoms with Crippen molar-refractivity contribution in [2.45, 2.75) is 149 Å². The molecule has 0 aromatic rings. The number of hydrogen-bond donors (Lipinski definition) is 4. The highest BCUT2D eigenvalue weighted by Gasteiger charge is 2.59. The Morgan fingerprint density at radius 2 is 1.71 bits per heavy atom. The third-order valence-electron chi connectivity index (χ3n) is 13.5. The van der Waals surface area contributed by atoms with E-state index in [4.69, 9.17) is 9.47 Å². The minimum absolute atomic E-state index is 0.101. The van der Waals surface area contributed by atoms with E-state index < -0.39 is 37.3 Å². The molecule has 4 aliphatic carbocycles. The highest BCUT2D eigenvalue weighted by molar-refractivity contribution is 5.25. The Kier molecular flexibility index (Phi) is 9.71. The lowest BCUT2D eigenvalue weighted by molar-refractivity contribution is -0.313. The number of ether oxygens (including phenoxy) is 2. The van der Waals surface area contributed by atoms with Gasteiger partial charge >= 0.3 is 0 Å². The molecule has 3 saturated carbocycles. The van der Waals surface area contributed by atoms with Gasteiger partial charge in [-0.3, -0.25) is 0 Å². The molecule has 0 aromatic carbocycles. The Morgan fingerprint density at radius 3 is 2.39 bits per heavy atom. The number of rotatable bonds is 9. The van der Waals surface area contributed by atoms with Crippen LogP contribution in [-0.4, -0.2) is 63.8 Å². The van der Waals surface area contributed by atoms with E-state index >= 15 is 0 Å². The van der Waals surface area contributed by atoms with Crippen LogP contribution in [0.5, 0.6) is 0 Å². The van der Waals surface area contributed by atoms with Crippen LogP contribution in [0.25, 0.3) is 0 Å². The van der Waals surface area contributed by atoms with Crippen molar-refractivity contribution in [3.8, 4) is 0 Å². The summed E-state index contributed by atoms with van der Waals surface area (Å²) in [5, 5.41) is 40.4. The van der Waals surface area contributed by atoms with E-state index in [1.54, 1.807) is 0 Å². The molecular weight excluding hydrogens is 516 g/mol. The third kappa shape index (κ3) is 5.73. The number of hydrogen-bond acceptors (Lipinski definition) is 6. The second-order valence-electron chi connectivity index (χ2n) is 15.7. The van der Waals surface area contributed by atoms with Gasteiger partial charge in [-0.15, -0.1) is 0 Å². The lowest BCUT2D eigenvalue weighted by Crippen LogP contribution is -2.60. The van der Waals surface area contributed by atoms with Gasteiger partial charge in [0, 0.05) is 0 Å². The SMILES string of the molecule is CC[C@H](CC[C@@H](C)[C@H]1CC[C@H]2[C@H]3CC=C4C[C@@H](O[C@@H]5O[C@@H](CO)[C@@H](O)[C@H](O)[C@H]5O)CC[C@]4(C)[C@@H]3CC[C@]12C)C(C)C. The summed E-state index contributed by atoms with van der Waals surface area (Å²) >= 11 is 0. The minimum Gasteiger partial charge on any atom is -0.394 e. The van der Waals surface area contributed by atoms with E-state index in [0.29, 0.717) is 5.41 Å². The first-order valence-corrected chi connectivity index (χ1v) is 17.1. The third-order valence-corrected chi connectivity index (χ3v) is 13.5. The topological polar surface area (TPSA) is 99.4 Å². The van der Waals surface area contributed by atoms with Crippen molar-refractivity contribution >= 4 is 0 Å². The summed E-state index contributed by atoms with van der Waals surface area (Å²) in [7, 11) is 0. The average Bonchev–Trinajstić information content (AvgIpc) is 3.30. The fourth-order valence-electron chi connectivity index (χ4n) is 10.8. The minimum atomic E-state index is -1.40. The Labute approximate surface area is 249 Å². The Morgan fingerprint density at radius 1 is 0.951 bits per heavy atom. The molecule has 4 N–H and O–H groups in total. The molecule has 5 aliphatic rings. The predicted octanol–water partition coefficient (Wildman–Crippen LogP) is 5.85. The molecule has 0 amide bonds. The largest absolute Gasteiger partial charge is 0.394 e. The molecule has 0 bridgehead atoms. The molecule has 4 fully saturated rings. The van der Waals surface area contributed by atoms with Gasteiger partial charge in [-0.05, 0) is 110 Å². The second kappa shape index (κ2) is 12.5. The van der Waals surface area contributed by atoms with Crippen LogP contribution in [0.2, 0.25) is 0 Å². The van der Waals surface area contributed by atoms with Crippen LogP contribution in [0.15, 0.2) is 11.6 Å². The Bertz CT molecular complexity index is 918. The maximum atomic E-state index is 10.5. The molecule has 236 valence electrons. The van der Waals surface area contributed by atoms with Crippen LogP contribution < -0.4 is 0 Å². The number of aliphatic hydroxyl groups is 4. The van der Waals surface area contributed by atoms with E-state index in [9.17, 15) is 20.4 Å². The molecule has 0 spiro atoms. The molecule has 41 heavy (non-hydrogen) atoms. The zero-order chi connectivity index (χ0) is 29.7. The van der Waals surface area contributed by atoms with E-state index in [-0.39, 0.29) is 11.5 Å². The summed E-state index contributed by atoms with van der Waals surface area (Å²) < 4.78 is 11.9. The fraction of sp³-hybridized carbons (Fsp3) is 0.943. The van der Waals surface area contributed by atoms with Crippen LogP contribution >= 0.6 is 0 Å². The van der Waals surface area contributed by atoms with Gasteiger partial charge in [-0.1, -0.05) is 66.0 Å². The van der Waals surface area contributed by atoms with Crippen molar-refractivity contribution in [1.29, 1.82) is 0 Å². The molecule has 6 heteroatoms. The Balaban J connectivity index is 1.24. The lowest BCUT2D eigenvalue weighted by Gasteiger charge is -2.58. The van der Waals surface area contributed by atoms with Crippen LogP contribution in [-0.2, 0) is 9.47 Å². The van der Waals surface area contributed by atoms with Crippen LogP contribution in [0.4, 0.5) is 0 Å². The summed E-state index contributed by atoms with van der Waals surface area (Å²) in [5.74, 6) is 5.66. The quantitative estimate of drug-likeness (QED) is 0.257. The normalized spacial score (nSPS) is 47.7. The van der Waals surface area contributed by atoms with E-state index in [2.05, 4.69) is 47.6 Å². The van der Waals surface area contributed by atoms with Crippen LogP contribution in [0.1, 0.15) is 112 Å². The molecule has 6 nitrogen and oxygen atoms in total. The van der Waals surface area contributed by atoms with Crippen molar-refractivity contribution in [3.05, 3.63) is 11.6 Å². The summed E-state index contributed by atoms with van der Waals surface area (Å²) in [6, 6.07) is 0. The predicted molar refractivity (Wildman–Crippen MR) is 161 cm³/mol. The van der Waals surface area contributed by atoms with E-state index in [0.717, 1.165) is 60.7 Å². The summed E-state index contributed by atoms with van der Waals surface area (Å²) in [6.45, 7) is 14.5. The van der Waals surface area contributed by atoms with Gasteiger partial charge in [0.1, 0.15) is 24.4 Å². The number of fused-ring (bicyclic) bond motifs is 5. The average molecular weight is 577 g/mol. The van der Waals surface area contributed by atoms with Gasteiger partial charge in [-0.25, -0.2) is 0 Å². The fourth-order valence-corrected chi connectivity index (χ4v) is 10.8. The first kappa shape index (κ1) is 31.9. The highest BCUT2D eigenvalue weighted by Crippen LogP contribution is 2.67. The van der Waals surface area contributed by atoms with Crippen LogP contribution in [0.3, 0.4) is 0 Å². The van der Waals surface area contributed by atoms with Crippen molar-refractivity contribution in [1.82, 2.24) is 0 Å². The van der Waals surface area contributed by atoms with E-state index in [1.807, 2.05) is 0 Å². The first-order valence-electron chi connectivity index (χ1n) is 17.1. The molecule has 5 rings (SSSR count). The standard InChI is InChI=1S/C35H60O6/c1-7-22(20(2)3)9-8-21(4)26-12-13-27-25-11-10-23-18-24(14-16-34(23,5)28(25)15-17-35(26,27)6)40-33-32(39)31(38)30(37)29(19-36)41-33/h10,20-22,24-33,36-39H,7-9,11-19H2,1-6H3/t21-,22-,24+,25-,26-,27+,28-,29+,30-,31+,32-,33-,34+,35-/m1/s1. The van der Waals surface area contributed by atoms with E-state index in [1.165, 1.54) is 56.9 Å². The summed E-state index contributed by atoms with van der Waals surface area (Å²) in [6.07, 6.45) is 9.92. The molecule has 0 aromatic heterocycles. The monoisotopic (exact) mass is 576 g/mol. The summed E-state index contributed by atoms with van der Waals surface area (Å²) in [4.78, 5) is 0. The molecule has 0 radical (unpaired) electrons. The van der Waals surface area contributed by atoms with Gasteiger partial charge in [0.05, 0.1) is 12.7 Å². The van der Waals surface area contributed by atoms with Crippen molar-refractivity contribution in [3.63, 3.8) is 0 Å². The maximum absolute atomic E-state index is 10.5. The summed E-state index contributed by atoms with van der Waals surface area (Å²) in [5.41, 5.74) is 2.19. The molecule has 0 unspecified atom stereocenters. The van der Waals surface area contributed by atoms with Crippen molar-refractivity contribution < 1.29 is 29.9 Å². The van der Waals surface area contributed by atoms with Gasteiger partial charge in [0.25, 0.3) is 0 Å². The van der Waals surface area contributed by atoms with Crippen molar-refractivity contribution in [2.75, 3.05) is 6.61 Å². The zero-order valence-corrected chi connectivity index (χ0v) is 26.7. The Hall–Kier alpha value is -0.500. The smallest absolute Gasteiger partial charge is 0.186 e. The first-order chi connectivity index (χ1) is 19.4. The molecule has 1 saturated heterocycles. The van der Waals surface area contributed by atoms with Gasteiger partial charge in [-0.2, -0.15) is 0 Å². The number of allylic oxidation sites excluding steroid dienone is 1. The molecular formula is C35H60O6.